The number of thioether (sulfide) groups is 4. The summed E-state index contributed by atoms with van der Waals surface area (Å²) in [5.41, 5.74) is -0.310. The fraction of sp³-hybridized carbons (Fsp3) is 0.700. The number of carbonyl (C=O) groups is 4. The van der Waals surface area contributed by atoms with Crippen molar-refractivity contribution < 1.29 is 38.1 Å². The molecular weight excluding hydrogens is 1030 g/mol. The molecule has 8 aliphatic rings. The number of esters is 4. The Morgan fingerprint density at radius 1 is 0.447 bits per heavy atom. The quantitative estimate of drug-likeness (QED) is 0.0749. The second-order valence-electron chi connectivity index (χ2n) is 23.1. The number of allylic oxidation sites excluding steroid dienone is 2. The minimum atomic E-state index is -0.491. The molecule has 0 radical (unpaired) electrons. The third kappa shape index (κ3) is 13.3. The summed E-state index contributed by atoms with van der Waals surface area (Å²) in [4.78, 5) is 64.0. The highest BCUT2D eigenvalue weighted by molar-refractivity contribution is 8.26. The highest BCUT2D eigenvalue weighted by Gasteiger charge is 2.43. The number of benzene rings is 1. The largest absolute Gasteiger partial charge is 0.462 e. The SMILES string of the molecule is [C-]#[N+]C(C#N)=C1Sc2c(OC(=O)C3CCC(OC(=O)C4CCC(C5CCC(CCC)CC5)CC4)CC3)c3c(c(OC(=O)C4CCC(OC(=O)C5CCC(C6CCC(CCC)CC6)CC5)CC4)c2S1)SC(=C(C#N)[N+]#[C-])S3. The lowest BCUT2D eigenvalue weighted by atomic mass is 9.69. The van der Waals surface area contributed by atoms with Crippen LogP contribution in [0, 0.1) is 95.0 Å². The Hall–Kier alpha value is -4.06. The van der Waals surface area contributed by atoms with Crippen molar-refractivity contribution in [3.63, 3.8) is 0 Å². The van der Waals surface area contributed by atoms with E-state index in [1.807, 2.05) is 12.1 Å². The van der Waals surface area contributed by atoms with Crippen LogP contribution in [-0.4, -0.2) is 36.1 Å². The molecule has 76 heavy (non-hydrogen) atoms. The van der Waals surface area contributed by atoms with Crippen LogP contribution in [0.3, 0.4) is 0 Å². The number of fused-ring (bicyclic) bond motifs is 2. The van der Waals surface area contributed by atoms with E-state index in [-0.39, 0.29) is 58.9 Å². The first-order chi connectivity index (χ1) is 37.0. The molecule has 12 nitrogen and oxygen atoms in total. The summed E-state index contributed by atoms with van der Waals surface area (Å²) in [6.07, 6.45) is 27.2. The molecule has 6 saturated carbocycles. The first-order valence-corrected chi connectivity index (χ1v) is 32.1. The zero-order valence-electron chi connectivity index (χ0n) is 44.4. The van der Waals surface area contributed by atoms with Crippen molar-refractivity contribution in [2.24, 2.45) is 59.2 Å². The molecule has 6 aliphatic carbocycles. The monoisotopic (exact) mass is 1110 g/mol. The van der Waals surface area contributed by atoms with Gasteiger partial charge >= 0.3 is 23.9 Å². The molecule has 1 aromatic rings. The van der Waals surface area contributed by atoms with E-state index in [0.717, 1.165) is 122 Å². The number of carbonyl (C=O) groups excluding carboxylic acids is 4. The topological polar surface area (TPSA) is 162 Å². The molecule has 406 valence electrons. The van der Waals surface area contributed by atoms with Crippen molar-refractivity contribution in [3.05, 3.63) is 42.7 Å². The standard InChI is InChI=1S/C60H74N4O8S4/c1-5-7-35-9-13-37(14-10-35)39-17-21-41(22-18-39)55(65)69-45-29-25-43(26-30-45)57(67)71-49-51-53(75-59(73-51)47(33-61)63-3)50(54-52(49)74-60(76-54)48(34-62)64-4)72-58(68)44-27-31-46(32-28-44)70-56(66)42-23-19-40(20-24-42)38-15-11-36(8-6-2)12-16-38/h35-46H,5-32H2,1-2H3. The molecule has 0 amide bonds. The summed E-state index contributed by atoms with van der Waals surface area (Å²) >= 11 is 4.39. The molecule has 2 heterocycles. The summed E-state index contributed by atoms with van der Waals surface area (Å²) in [6, 6.07) is 3.95. The van der Waals surface area contributed by atoms with Crippen LogP contribution in [0.15, 0.2) is 39.5 Å². The van der Waals surface area contributed by atoms with Crippen molar-refractivity contribution in [2.45, 2.75) is 225 Å². The lowest BCUT2D eigenvalue weighted by molar-refractivity contribution is -0.159. The van der Waals surface area contributed by atoms with Gasteiger partial charge in [-0.2, -0.15) is 0 Å². The summed E-state index contributed by atoms with van der Waals surface area (Å²) in [6.45, 7) is 20.1. The predicted octanol–water partition coefficient (Wildman–Crippen LogP) is 16.1. The van der Waals surface area contributed by atoms with Gasteiger partial charge in [-0.15, -0.1) is 0 Å². The smallest absolute Gasteiger partial charge is 0.314 e. The van der Waals surface area contributed by atoms with Crippen molar-refractivity contribution >= 4 is 70.9 Å². The van der Waals surface area contributed by atoms with Gasteiger partial charge in [-0.3, -0.25) is 19.2 Å². The van der Waals surface area contributed by atoms with Crippen molar-refractivity contribution in [1.82, 2.24) is 0 Å². The second-order valence-corrected chi connectivity index (χ2v) is 27.7. The summed E-state index contributed by atoms with van der Waals surface area (Å²) in [7, 11) is 0. The molecule has 1 aromatic carbocycles. The molecule has 16 heteroatoms. The lowest BCUT2D eigenvalue weighted by Crippen LogP contribution is -2.33. The van der Waals surface area contributed by atoms with Gasteiger partial charge in [0.2, 0.25) is 0 Å². The highest BCUT2D eigenvalue weighted by atomic mass is 32.2. The average Bonchev–Trinajstić information content (AvgIpc) is 4.10. The van der Waals surface area contributed by atoms with Gasteiger partial charge in [-0.1, -0.05) is 112 Å². The normalized spacial score (nSPS) is 31.2. The number of rotatable bonds is 14. The van der Waals surface area contributed by atoms with E-state index in [0.29, 0.717) is 91.3 Å². The van der Waals surface area contributed by atoms with Gasteiger partial charge in [0.15, 0.2) is 11.5 Å². The molecule has 6 fully saturated rings. The number of hydrogen-bond acceptors (Lipinski definition) is 14. The van der Waals surface area contributed by atoms with Crippen molar-refractivity contribution in [3.8, 4) is 23.6 Å². The molecule has 9 rings (SSSR count). The zero-order chi connectivity index (χ0) is 53.3. The van der Waals surface area contributed by atoms with Gasteiger partial charge in [0.1, 0.15) is 12.2 Å². The molecule has 0 unspecified atom stereocenters. The molecule has 2 aliphatic heterocycles. The van der Waals surface area contributed by atoms with Crippen LogP contribution in [-0.2, 0) is 28.7 Å². The van der Waals surface area contributed by atoms with Crippen LogP contribution < -0.4 is 9.47 Å². The Bertz CT molecular complexity index is 2310. The van der Waals surface area contributed by atoms with E-state index in [4.69, 9.17) is 32.1 Å². The Kier molecular flexibility index (Phi) is 19.9. The van der Waals surface area contributed by atoms with Crippen molar-refractivity contribution in [2.75, 3.05) is 0 Å². The van der Waals surface area contributed by atoms with Crippen LogP contribution in [0.1, 0.15) is 194 Å². The molecule has 0 atom stereocenters. The summed E-state index contributed by atoms with van der Waals surface area (Å²) in [5.74, 6) is 2.80. The fourth-order valence-electron chi connectivity index (χ4n) is 14.1. The maximum absolute atomic E-state index is 14.3. The van der Waals surface area contributed by atoms with Crippen LogP contribution in [0.25, 0.3) is 9.69 Å². The van der Waals surface area contributed by atoms with E-state index < -0.39 is 23.8 Å². The average molecular weight is 1110 g/mol. The van der Waals surface area contributed by atoms with Gasteiger partial charge in [0.05, 0.1) is 77.0 Å². The Morgan fingerprint density at radius 3 is 1.00 bits per heavy atom. The number of hydrogen-bond donors (Lipinski definition) is 0. The molecular formula is C60H74N4O8S4. The summed E-state index contributed by atoms with van der Waals surface area (Å²) < 4.78 is 25.7. The maximum Gasteiger partial charge on any atom is 0.314 e. The first-order valence-electron chi connectivity index (χ1n) is 28.8. The lowest BCUT2D eigenvalue weighted by Gasteiger charge is -2.37. The van der Waals surface area contributed by atoms with E-state index in [2.05, 4.69) is 23.5 Å². The van der Waals surface area contributed by atoms with Crippen LogP contribution in [0.5, 0.6) is 11.5 Å². The van der Waals surface area contributed by atoms with E-state index >= 15 is 0 Å². The van der Waals surface area contributed by atoms with Crippen molar-refractivity contribution in [1.29, 1.82) is 10.5 Å². The zero-order valence-corrected chi connectivity index (χ0v) is 47.7. The number of nitrogens with zero attached hydrogens (tertiary/aromatic N) is 4. The van der Waals surface area contributed by atoms with Gasteiger partial charge in [0.25, 0.3) is 11.4 Å². The third-order valence-corrected chi connectivity index (χ3v) is 23.7. The van der Waals surface area contributed by atoms with Gasteiger partial charge < -0.3 is 18.9 Å². The highest BCUT2D eigenvalue weighted by Crippen LogP contribution is 2.69. The van der Waals surface area contributed by atoms with Gasteiger partial charge in [-0.05, 0) is 164 Å². The second kappa shape index (κ2) is 26.7. The van der Waals surface area contributed by atoms with E-state index in [1.165, 1.54) is 77.0 Å². The third-order valence-electron chi connectivity index (χ3n) is 18.5. The minimum Gasteiger partial charge on any atom is -0.462 e. The Morgan fingerprint density at radius 2 is 0.724 bits per heavy atom. The molecule has 0 bridgehead atoms. The Balaban J connectivity index is 0.819. The van der Waals surface area contributed by atoms with Gasteiger partial charge in [-0.25, -0.2) is 20.2 Å². The minimum absolute atomic E-state index is 0.0743. The fourth-order valence-corrected chi connectivity index (χ4v) is 19.2. The van der Waals surface area contributed by atoms with E-state index in [9.17, 15) is 29.7 Å². The summed E-state index contributed by atoms with van der Waals surface area (Å²) in [5, 5.41) is 19.9. The first kappa shape index (κ1) is 56.7. The van der Waals surface area contributed by atoms with Crippen LogP contribution in [0.4, 0.5) is 0 Å². The van der Waals surface area contributed by atoms with E-state index in [1.54, 1.807) is 0 Å². The molecule has 0 saturated heterocycles. The predicted molar refractivity (Wildman–Crippen MR) is 295 cm³/mol. The number of nitriles is 2. The maximum atomic E-state index is 14.3. The Labute approximate surface area is 467 Å². The molecule has 0 aromatic heterocycles. The molecule has 0 spiro atoms. The van der Waals surface area contributed by atoms with Crippen LogP contribution in [0.2, 0.25) is 0 Å². The number of ether oxygens (including phenoxy) is 4. The van der Waals surface area contributed by atoms with Gasteiger partial charge in [0, 0.05) is 0 Å². The van der Waals surface area contributed by atoms with Crippen LogP contribution >= 0.6 is 47.0 Å². The molecule has 0 N–H and O–H groups in total.